The van der Waals surface area contributed by atoms with Crippen LogP contribution in [0.15, 0.2) is 18.0 Å². The number of aryl methyl sites for hydroxylation is 1. The number of amides is 1. The van der Waals surface area contributed by atoms with E-state index in [9.17, 15) is 4.79 Å². The number of fused-ring (bicyclic) bond motifs is 2. The molecule has 3 aliphatic heterocycles. The summed E-state index contributed by atoms with van der Waals surface area (Å²) in [5.74, 6) is 6.05. The Morgan fingerprint density at radius 3 is 2.84 bits per heavy atom. The van der Waals surface area contributed by atoms with E-state index in [1.807, 2.05) is 16.2 Å². The van der Waals surface area contributed by atoms with Crippen LogP contribution in [0.5, 0.6) is 0 Å². The zero-order valence-electron chi connectivity index (χ0n) is 18.7. The first-order chi connectivity index (χ1) is 15.0. The third kappa shape index (κ3) is 5.08. The summed E-state index contributed by atoms with van der Waals surface area (Å²) >= 11 is 1.99. The Bertz CT molecular complexity index is 794. The molecule has 4 rings (SSSR count). The Morgan fingerprint density at radius 1 is 1.35 bits per heavy atom. The van der Waals surface area contributed by atoms with Crippen molar-refractivity contribution in [3.05, 3.63) is 33.3 Å². The molecule has 8 heteroatoms. The van der Waals surface area contributed by atoms with Gasteiger partial charge in [-0.3, -0.25) is 10.6 Å². The number of thiophene rings is 1. The van der Waals surface area contributed by atoms with Crippen LogP contribution in [0.2, 0.25) is 0 Å². The number of nitrogens with two attached hydrogens (primary N) is 2. The molecule has 0 bridgehead atoms. The molecular formula is C23H37N5O2S. The van der Waals surface area contributed by atoms with Crippen LogP contribution in [0.4, 0.5) is 0 Å². The second kappa shape index (κ2) is 9.90. The normalized spacial score (nSPS) is 21.7. The van der Waals surface area contributed by atoms with Gasteiger partial charge in [-0.15, -0.1) is 11.3 Å². The highest BCUT2D eigenvalue weighted by atomic mass is 32.1. The van der Waals surface area contributed by atoms with Crippen molar-refractivity contribution in [2.45, 2.75) is 57.5 Å². The van der Waals surface area contributed by atoms with Crippen LogP contribution in [0.1, 0.15) is 54.3 Å². The van der Waals surface area contributed by atoms with E-state index in [0.29, 0.717) is 24.5 Å². The minimum absolute atomic E-state index is 0.0503. The smallest absolute Gasteiger partial charge is 0.222 e. The van der Waals surface area contributed by atoms with Gasteiger partial charge in [0.1, 0.15) is 0 Å². The van der Waals surface area contributed by atoms with E-state index in [-0.39, 0.29) is 11.5 Å². The fourth-order valence-electron chi connectivity index (χ4n) is 5.19. The molecule has 0 atom stereocenters. The molecule has 0 unspecified atom stereocenters. The molecule has 1 aromatic rings. The number of piperidine rings is 1. The lowest BCUT2D eigenvalue weighted by Crippen LogP contribution is -2.55. The standard InChI is InChI=1S/C23H37N5O2S/c1-2-19-12-20-21(31-19)6-11-30-23(20)7-9-27(10-8-23)14-17-15-28(16-17)22(29)5-3-4-18(24)13-26-25/h12-13,17,26H,2-11,14-16,24-25H2,1H3/b18-13-. The molecule has 0 aromatic carbocycles. The van der Waals surface area contributed by atoms with Crippen molar-refractivity contribution >= 4 is 17.2 Å². The molecule has 2 saturated heterocycles. The Labute approximate surface area is 189 Å². The fourth-order valence-corrected chi connectivity index (χ4v) is 6.37. The van der Waals surface area contributed by atoms with Gasteiger partial charge < -0.3 is 25.7 Å². The van der Waals surface area contributed by atoms with Gasteiger partial charge in [-0.1, -0.05) is 6.92 Å². The van der Waals surface area contributed by atoms with Crippen molar-refractivity contribution in [3.8, 4) is 0 Å². The minimum Gasteiger partial charge on any atom is -0.401 e. The second-order valence-corrected chi connectivity index (χ2v) is 10.4. The first-order valence-corrected chi connectivity index (χ1v) is 12.5. The molecule has 172 valence electrons. The fraction of sp³-hybridized carbons (Fsp3) is 0.696. The highest BCUT2D eigenvalue weighted by Crippen LogP contribution is 2.44. The number of nitrogens with one attached hydrogen (secondary N) is 1. The zero-order valence-corrected chi connectivity index (χ0v) is 19.5. The number of ether oxygens (including phenoxy) is 1. The SMILES string of the molecule is CCc1cc2c(s1)CCOC21CCN(CC2CN(C(=O)CCC/C(N)=C/NN)C2)CC1. The summed E-state index contributed by atoms with van der Waals surface area (Å²) in [7, 11) is 0. The van der Waals surface area contributed by atoms with Gasteiger partial charge in [0, 0.05) is 73.1 Å². The molecule has 7 nitrogen and oxygen atoms in total. The second-order valence-electron chi connectivity index (χ2n) is 9.20. The molecule has 5 N–H and O–H groups in total. The topological polar surface area (TPSA) is 96.8 Å². The van der Waals surface area contributed by atoms with Gasteiger partial charge in [0.2, 0.25) is 5.91 Å². The van der Waals surface area contributed by atoms with Gasteiger partial charge in [0.15, 0.2) is 0 Å². The Kier molecular flexibility index (Phi) is 7.21. The van der Waals surface area contributed by atoms with Crippen LogP contribution in [0.3, 0.4) is 0 Å². The molecule has 0 saturated carbocycles. The van der Waals surface area contributed by atoms with Gasteiger partial charge in [-0.25, -0.2) is 0 Å². The Morgan fingerprint density at radius 2 is 2.13 bits per heavy atom. The molecule has 0 radical (unpaired) electrons. The van der Waals surface area contributed by atoms with Gasteiger partial charge >= 0.3 is 0 Å². The summed E-state index contributed by atoms with van der Waals surface area (Å²) in [6, 6.07) is 2.42. The molecule has 1 spiro atoms. The van der Waals surface area contributed by atoms with E-state index in [4.69, 9.17) is 16.3 Å². The number of hydrazine groups is 1. The van der Waals surface area contributed by atoms with Gasteiger partial charge in [-0.2, -0.15) is 0 Å². The van der Waals surface area contributed by atoms with E-state index in [1.165, 1.54) is 10.4 Å². The third-order valence-corrected chi connectivity index (χ3v) is 8.36. The lowest BCUT2D eigenvalue weighted by Gasteiger charge is -2.47. The number of allylic oxidation sites excluding steroid dienone is 1. The predicted octanol–water partition coefficient (Wildman–Crippen LogP) is 2.07. The van der Waals surface area contributed by atoms with Crippen molar-refractivity contribution in [1.82, 2.24) is 15.2 Å². The van der Waals surface area contributed by atoms with Crippen LogP contribution in [-0.4, -0.2) is 55.0 Å². The van der Waals surface area contributed by atoms with E-state index >= 15 is 0 Å². The zero-order chi connectivity index (χ0) is 21.8. The molecule has 3 aliphatic rings. The molecule has 4 heterocycles. The largest absolute Gasteiger partial charge is 0.401 e. The first-order valence-electron chi connectivity index (χ1n) is 11.7. The molecule has 1 aromatic heterocycles. The van der Waals surface area contributed by atoms with Crippen LogP contribution >= 0.6 is 11.3 Å². The molecule has 31 heavy (non-hydrogen) atoms. The third-order valence-electron chi connectivity index (χ3n) is 7.02. The summed E-state index contributed by atoms with van der Waals surface area (Å²) in [5, 5.41) is 0. The first kappa shape index (κ1) is 22.6. The molecule has 0 aliphatic carbocycles. The monoisotopic (exact) mass is 447 g/mol. The van der Waals surface area contributed by atoms with Gasteiger partial charge in [-0.05, 0) is 43.7 Å². The molecule has 1 amide bonds. The Hall–Kier alpha value is -1.61. The minimum atomic E-state index is -0.0503. The van der Waals surface area contributed by atoms with Gasteiger partial charge in [0.05, 0.1) is 12.2 Å². The van der Waals surface area contributed by atoms with E-state index in [2.05, 4.69) is 23.3 Å². The predicted molar refractivity (Wildman–Crippen MR) is 124 cm³/mol. The lowest BCUT2D eigenvalue weighted by atomic mass is 9.82. The number of hydrogen-bond donors (Lipinski definition) is 3. The van der Waals surface area contributed by atoms with E-state index < -0.39 is 0 Å². The van der Waals surface area contributed by atoms with E-state index in [0.717, 1.165) is 71.4 Å². The molecular weight excluding hydrogens is 410 g/mol. The van der Waals surface area contributed by atoms with E-state index in [1.54, 1.807) is 11.1 Å². The maximum absolute atomic E-state index is 12.3. The Balaban J connectivity index is 1.19. The van der Waals surface area contributed by atoms with Crippen molar-refractivity contribution in [3.63, 3.8) is 0 Å². The number of rotatable bonds is 8. The van der Waals surface area contributed by atoms with Crippen LogP contribution in [0.25, 0.3) is 0 Å². The van der Waals surface area contributed by atoms with Crippen molar-refractivity contribution in [2.75, 3.05) is 39.3 Å². The van der Waals surface area contributed by atoms with Gasteiger partial charge in [0.25, 0.3) is 0 Å². The average Bonchev–Trinajstić information content (AvgIpc) is 3.17. The summed E-state index contributed by atoms with van der Waals surface area (Å²) in [4.78, 5) is 20.0. The number of hydrogen-bond acceptors (Lipinski definition) is 7. The van der Waals surface area contributed by atoms with Crippen LogP contribution in [0, 0.1) is 5.92 Å². The number of nitrogens with zero attached hydrogens (tertiary/aromatic N) is 2. The van der Waals surface area contributed by atoms with Crippen LogP contribution in [-0.2, 0) is 28.0 Å². The highest BCUT2D eigenvalue weighted by molar-refractivity contribution is 7.12. The average molecular weight is 448 g/mol. The lowest BCUT2D eigenvalue weighted by molar-refractivity contribution is -0.138. The maximum Gasteiger partial charge on any atom is 0.222 e. The maximum atomic E-state index is 12.3. The van der Waals surface area contributed by atoms with Crippen molar-refractivity contribution < 1.29 is 9.53 Å². The van der Waals surface area contributed by atoms with Crippen molar-refractivity contribution in [1.29, 1.82) is 0 Å². The number of carbonyl (C=O) groups is 1. The number of likely N-dealkylation sites (tertiary alicyclic amines) is 2. The highest BCUT2D eigenvalue weighted by Gasteiger charge is 2.42. The van der Waals surface area contributed by atoms with Crippen molar-refractivity contribution in [2.24, 2.45) is 17.5 Å². The summed E-state index contributed by atoms with van der Waals surface area (Å²) in [6.07, 6.45) is 7.95. The quantitative estimate of drug-likeness (QED) is 0.417. The number of carbonyl (C=O) groups excluding carboxylic acids is 1. The van der Waals surface area contributed by atoms with Crippen LogP contribution < -0.4 is 17.0 Å². The summed E-state index contributed by atoms with van der Waals surface area (Å²) < 4.78 is 6.41. The summed E-state index contributed by atoms with van der Waals surface area (Å²) in [6.45, 7) is 8.15. The summed E-state index contributed by atoms with van der Waals surface area (Å²) in [5.41, 5.74) is 10.3. The molecule has 2 fully saturated rings.